The lowest BCUT2D eigenvalue weighted by molar-refractivity contribution is -0.138. The smallest absolute Gasteiger partial charge is 0.263 e. The standard InChI is InChI=1S/C25H26ClN3O3S/c1-14(28-15(2)30)22-13-20-24(33-22)18(6-7-27-20)19-12-17(26)10-16-11-21(32-23(16)19)25(31)29-8-4-3-5-9-29/h6-7,10,12-14,21H,3-5,8-9,11H2,1-2H3,(H,28,30). The van der Waals surface area contributed by atoms with Crippen LogP contribution >= 0.6 is 22.9 Å². The molecule has 2 aromatic heterocycles. The zero-order valence-electron chi connectivity index (χ0n) is 18.7. The van der Waals surface area contributed by atoms with Gasteiger partial charge in [-0.15, -0.1) is 11.3 Å². The second kappa shape index (κ2) is 8.95. The average molecular weight is 484 g/mol. The summed E-state index contributed by atoms with van der Waals surface area (Å²) in [5.74, 6) is 0.723. The van der Waals surface area contributed by atoms with Crippen LogP contribution in [0.15, 0.2) is 30.5 Å². The first-order chi connectivity index (χ1) is 15.9. The molecule has 3 aromatic rings. The third kappa shape index (κ3) is 4.32. The van der Waals surface area contributed by atoms with Crippen molar-refractivity contribution in [3.63, 3.8) is 0 Å². The lowest BCUT2D eigenvalue weighted by Crippen LogP contribution is -2.43. The summed E-state index contributed by atoms with van der Waals surface area (Å²) in [4.78, 5) is 32.1. The third-order valence-corrected chi connectivity index (χ3v) is 7.87. The number of halogens is 1. The van der Waals surface area contributed by atoms with E-state index in [0.717, 1.165) is 63.5 Å². The number of likely N-dealkylation sites (tertiary alicyclic amines) is 1. The number of thiophene rings is 1. The minimum absolute atomic E-state index is 0.0652. The van der Waals surface area contributed by atoms with Crippen LogP contribution in [0.25, 0.3) is 21.3 Å². The Labute approximate surface area is 201 Å². The topological polar surface area (TPSA) is 71.5 Å². The van der Waals surface area contributed by atoms with Crippen molar-refractivity contribution >= 4 is 45.0 Å². The van der Waals surface area contributed by atoms with Crippen molar-refractivity contribution in [3.8, 4) is 16.9 Å². The molecule has 1 fully saturated rings. The molecule has 0 radical (unpaired) electrons. The summed E-state index contributed by atoms with van der Waals surface area (Å²) in [7, 11) is 0. The first-order valence-corrected chi connectivity index (χ1v) is 12.5. The number of hydrogen-bond acceptors (Lipinski definition) is 5. The van der Waals surface area contributed by atoms with Crippen LogP contribution in [0, 0.1) is 0 Å². The molecule has 8 heteroatoms. The van der Waals surface area contributed by atoms with E-state index in [1.807, 2.05) is 36.1 Å². The number of benzene rings is 1. The third-order valence-electron chi connectivity index (χ3n) is 6.31. The Kier molecular flexibility index (Phi) is 6.01. The van der Waals surface area contributed by atoms with Gasteiger partial charge < -0.3 is 15.0 Å². The second-order valence-electron chi connectivity index (χ2n) is 8.78. The molecule has 33 heavy (non-hydrogen) atoms. The van der Waals surface area contributed by atoms with Crippen molar-refractivity contribution in [2.45, 2.75) is 51.7 Å². The van der Waals surface area contributed by atoms with E-state index in [1.54, 1.807) is 17.5 Å². The fourth-order valence-corrected chi connectivity index (χ4v) is 6.13. The van der Waals surface area contributed by atoms with Crippen molar-refractivity contribution in [1.82, 2.24) is 15.2 Å². The van der Waals surface area contributed by atoms with Gasteiger partial charge in [0, 0.05) is 59.2 Å². The van der Waals surface area contributed by atoms with E-state index in [4.69, 9.17) is 16.3 Å². The van der Waals surface area contributed by atoms with Gasteiger partial charge in [-0.1, -0.05) is 11.6 Å². The molecular formula is C25H26ClN3O3S. The van der Waals surface area contributed by atoms with Gasteiger partial charge in [-0.3, -0.25) is 14.6 Å². The number of amides is 2. The lowest BCUT2D eigenvalue weighted by atomic mass is 10.0. The Morgan fingerprint density at radius 2 is 2.00 bits per heavy atom. The van der Waals surface area contributed by atoms with Gasteiger partial charge in [0.1, 0.15) is 5.75 Å². The molecule has 5 rings (SSSR count). The van der Waals surface area contributed by atoms with Gasteiger partial charge in [0.15, 0.2) is 6.10 Å². The first kappa shape index (κ1) is 22.2. The Bertz CT molecular complexity index is 1240. The van der Waals surface area contributed by atoms with Crippen molar-refractivity contribution in [3.05, 3.63) is 45.9 Å². The highest BCUT2D eigenvalue weighted by molar-refractivity contribution is 7.19. The van der Waals surface area contributed by atoms with Gasteiger partial charge in [0.2, 0.25) is 5.91 Å². The molecule has 1 N–H and O–H groups in total. The number of nitrogens with one attached hydrogen (secondary N) is 1. The normalized spacial score (nSPS) is 18.6. The lowest BCUT2D eigenvalue weighted by Gasteiger charge is -2.28. The molecule has 2 atom stereocenters. The maximum absolute atomic E-state index is 13.1. The van der Waals surface area contributed by atoms with E-state index in [2.05, 4.69) is 10.3 Å². The van der Waals surface area contributed by atoms with Crippen LogP contribution in [0.4, 0.5) is 0 Å². The zero-order chi connectivity index (χ0) is 23.1. The summed E-state index contributed by atoms with van der Waals surface area (Å²) in [6, 6.07) is 7.67. The van der Waals surface area contributed by atoms with E-state index in [9.17, 15) is 9.59 Å². The number of carbonyl (C=O) groups is 2. The maximum atomic E-state index is 13.1. The summed E-state index contributed by atoms with van der Waals surface area (Å²) in [6.07, 6.45) is 5.07. The number of nitrogens with zero attached hydrogens (tertiary/aromatic N) is 2. The molecule has 0 spiro atoms. The minimum Gasteiger partial charge on any atom is -0.479 e. The molecule has 2 amide bonds. The molecule has 2 unspecified atom stereocenters. The molecule has 0 aliphatic carbocycles. The zero-order valence-corrected chi connectivity index (χ0v) is 20.3. The van der Waals surface area contributed by atoms with Crippen LogP contribution in [-0.4, -0.2) is 40.9 Å². The quantitative estimate of drug-likeness (QED) is 0.558. The van der Waals surface area contributed by atoms with Gasteiger partial charge in [-0.25, -0.2) is 0 Å². The van der Waals surface area contributed by atoms with Crippen LogP contribution < -0.4 is 10.1 Å². The Morgan fingerprint density at radius 1 is 1.21 bits per heavy atom. The Hall–Kier alpha value is -2.64. The second-order valence-corrected chi connectivity index (χ2v) is 10.3. The fraction of sp³-hybridized carbons (Fsp3) is 0.400. The number of pyridine rings is 1. The average Bonchev–Trinajstić information content (AvgIpc) is 3.42. The van der Waals surface area contributed by atoms with E-state index in [1.165, 1.54) is 13.3 Å². The largest absolute Gasteiger partial charge is 0.479 e. The molecule has 4 heterocycles. The molecule has 6 nitrogen and oxygen atoms in total. The molecular weight excluding hydrogens is 458 g/mol. The predicted octanol–water partition coefficient (Wildman–Crippen LogP) is 5.13. The van der Waals surface area contributed by atoms with Crippen LogP contribution in [0.2, 0.25) is 5.02 Å². The van der Waals surface area contributed by atoms with E-state index in [-0.39, 0.29) is 17.9 Å². The van der Waals surface area contributed by atoms with Crippen LogP contribution in [0.3, 0.4) is 0 Å². The summed E-state index contributed by atoms with van der Waals surface area (Å²) >= 11 is 8.11. The summed E-state index contributed by atoms with van der Waals surface area (Å²) < 4.78 is 7.30. The highest BCUT2D eigenvalue weighted by Crippen LogP contribution is 2.45. The van der Waals surface area contributed by atoms with Crippen LogP contribution in [0.1, 0.15) is 49.6 Å². The van der Waals surface area contributed by atoms with Gasteiger partial charge in [-0.05, 0) is 50.5 Å². The number of aromatic nitrogens is 1. The van der Waals surface area contributed by atoms with Crippen molar-refractivity contribution < 1.29 is 14.3 Å². The van der Waals surface area contributed by atoms with Crippen LogP contribution in [-0.2, 0) is 16.0 Å². The van der Waals surface area contributed by atoms with Gasteiger partial charge >= 0.3 is 0 Å². The highest BCUT2D eigenvalue weighted by atomic mass is 35.5. The Morgan fingerprint density at radius 3 is 2.76 bits per heavy atom. The highest BCUT2D eigenvalue weighted by Gasteiger charge is 2.35. The van der Waals surface area contributed by atoms with Gasteiger partial charge in [0.05, 0.1) is 16.3 Å². The molecule has 1 aromatic carbocycles. The number of carbonyl (C=O) groups excluding carboxylic acids is 2. The van der Waals surface area contributed by atoms with Gasteiger partial charge in [0.25, 0.3) is 5.91 Å². The number of rotatable bonds is 4. The number of hydrogen-bond donors (Lipinski definition) is 1. The van der Waals surface area contributed by atoms with E-state index >= 15 is 0 Å². The van der Waals surface area contributed by atoms with E-state index < -0.39 is 6.10 Å². The molecule has 0 saturated carbocycles. The molecule has 2 aliphatic rings. The summed E-state index contributed by atoms with van der Waals surface area (Å²) in [6.45, 7) is 5.08. The minimum atomic E-state index is -0.508. The number of fused-ring (bicyclic) bond motifs is 2. The fourth-order valence-electron chi connectivity index (χ4n) is 4.74. The summed E-state index contributed by atoms with van der Waals surface area (Å²) in [5, 5.41) is 3.55. The molecule has 1 saturated heterocycles. The van der Waals surface area contributed by atoms with Crippen LogP contribution in [0.5, 0.6) is 5.75 Å². The monoisotopic (exact) mass is 483 g/mol. The molecule has 2 aliphatic heterocycles. The first-order valence-electron chi connectivity index (χ1n) is 11.3. The SMILES string of the molecule is CC(=O)NC(C)c1cc2nccc(-c3cc(Cl)cc4c3OC(C(=O)N3CCCCC3)C4)c2s1. The summed E-state index contributed by atoms with van der Waals surface area (Å²) in [5.41, 5.74) is 3.66. The van der Waals surface area contributed by atoms with Crippen molar-refractivity contribution in [2.24, 2.45) is 0 Å². The predicted molar refractivity (Wildman–Crippen MR) is 131 cm³/mol. The Balaban J connectivity index is 1.51. The van der Waals surface area contributed by atoms with E-state index in [0.29, 0.717) is 11.4 Å². The molecule has 0 bridgehead atoms. The maximum Gasteiger partial charge on any atom is 0.263 e. The van der Waals surface area contributed by atoms with Gasteiger partial charge in [-0.2, -0.15) is 0 Å². The molecule has 172 valence electrons. The number of piperidine rings is 1. The van der Waals surface area contributed by atoms with Crippen molar-refractivity contribution in [1.29, 1.82) is 0 Å². The van der Waals surface area contributed by atoms with Crippen molar-refractivity contribution in [2.75, 3.05) is 13.1 Å². The number of ether oxygens (including phenoxy) is 1.